The Morgan fingerprint density at radius 3 is 1.43 bits per heavy atom. The molecule has 0 saturated carbocycles. The number of rotatable bonds is 8. The zero-order chi connectivity index (χ0) is 26.2. The summed E-state index contributed by atoms with van der Waals surface area (Å²) in [6.45, 7) is 0. The van der Waals surface area contributed by atoms with E-state index in [4.69, 9.17) is 9.47 Å². The Hall–Kier alpha value is -5.11. The molecule has 0 atom stereocenters. The molecule has 0 unspecified atom stereocenters. The van der Waals surface area contributed by atoms with Crippen molar-refractivity contribution in [1.82, 2.24) is 0 Å². The van der Waals surface area contributed by atoms with Gasteiger partial charge in [-0.3, -0.25) is 14.4 Å². The smallest absolute Gasteiger partial charge is 0.255 e. The highest BCUT2D eigenvalue weighted by Gasteiger charge is 2.17. The number of benzene rings is 4. The highest BCUT2D eigenvalue weighted by atomic mass is 16.5. The second-order valence-electron chi connectivity index (χ2n) is 7.93. The van der Waals surface area contributed by atoms with Crippen molar-refractivity contribution in [2.45, 2.75) is 0 Å². The molecule has 8 heteroatoms. The van der Waals surface area contributed by atoms with Crippen LogP contribution in [-0.2, 0) is 0 Å². The van der Waals surface area contributed by atoms with Gasteiger partial charge in [0.25, 0.3) is 17.7 Å². The lowest BCUT2D eigenvalue weighted by Gasteiger charge is -2.16. The SMILES string of the molecule is COc1cc(NC(=O)c2cccc(NC(=O)c3ccccc3)c2)c(OC)cc1NC(=O)c1ccccc1. The van der Waals surface area contributed by atoms with Crippen molar-refractivity contribution < 1.29 is 23.9 Å². The topological polar surface area (TPSA) is 106 Å². The molecule has 186 valence electrons. The van der Waals surface area contributed by atoms with Crippen LogP contribution in [0, 0.1) is 0 Å². The summed E-state index contributed by atoms with van der Waals surface area (Å²) in [6.07, 6.45) is 0. The fourth-order valence-electron chi connectivity index (χ4n) is 3.60. The van der Waals surface area contributed by atoms with Crippen LogP contribution in [0.15, 0.2) is 97.1 Å². The van der Waals surface area contributed by atoms with Crippen LogP contribution in [0.3, 0.4) is 0 Å². The maximum absolute atomic E-state index is 13.0. The van der Waals surface area contributed by atoms with Crippen LogP contribution in [0.25, 0.3) is 0 Å². The van der Waals surface area contributed by atoms with E-state index in [9.17, 15) is 14.4 Å². The molecule has 4 aromatic carbocycles. The van der Waals surface area contributed by atoms with Gasteiger partial charge in [-0.25, -0.2) is 0 Å². The third-order valence-electron chi connectivity index (χ3n) is 5.47. The minimum Gasteiger partial charge on any atom is -0.494 e. The molecule has 0 aromatic heterocycles. The average Bonchev–Trinajstić information content (AvgIpc) is 2.94. The first-order chi connectivity index (χ1) is 18.0. The monoisotopic (exact) mass is 495 g/mol. The van der Waals surface area contributed by atoms with E-state index in [-0.39, 0.29) is 11.8 Å². The highest BCUT2D eigenvalue weighted by molar-refractivity contribution is 6.09. The molecule has 3 N–H and O–H groups in total. The number of amides is 3. The van der Waals surface area contributed by atoms with E-state index in [0.29, 0.717) is 45.3 Å². The quantitative estimate of drug-likeness (QED) is 0.301. The molecule has 0 aliphatic carbocycles. The van der Waals surface area contributed by atoms with Gasteiger partial charge in [0, 0.05) is 34.5 Å². The summed E-state index contributed by atoms with van der Waals surface area (Å²) in [4.78, 5) is 38.1. The van der Waals surface area contributed by atoms with Gasteiger partial charge in [0.1, 0.15) is 11.5 Å². The maximum Gasteiger partial charge on any atom is 0.255 e. The van der Waals surface area contributed by atoms with Crippen molar-refractivity contribution in [1.29, 1.82) is 0 Å². The van der Waals surface area contributed by atoms with Gasteiger partial charge in [-0.2, -0.15) is 0 Å². The highest BCUT2D eigenvalue weighted by Crippen LogP contribution is 2.37. The summed E-state index contributed by atoms with van der Waals surface area (Å²) >= 11 is 0. The normalized spacial score (nSPS) is 10.2. The molecule has 0 radical (unpaired) electrons. The summed E-state index contributed by atoms with van der Waals surface area (Å²) in [5.41, 5.74) is 2.53. The Morgan fingerprint density at radius 1 is 0.514 bits per heavy atom. The molecule has 0 aliphatic rings. The first-order valence-electron chi connectivity index (χ1n) is 11.4. The van der Waals surface area contributed by atoms with Crippen LogP contribution in [0.4, 0.5) is 17.1 Å². The second-order valence-corrected chi connectivity index (χ2v) is 7.93. The standard InChI is InChI=1S/C29H25N3O5/c1-36-25-18-24(26(37-2)17-23(25)31-28(34)20-12-7-4-8-13-20)32-29(35)21-14-9-15-22(16-21)30-27(33)19-10-5-3-6-11-19/h3-18H,1-2H3,(H,30,33)(H,31,34)(H,32,35). The number of anilines is 3. The van der Waals surface area contributed by atoms with Crippen LogP contribution in [0.5, 0.6) is 11.5 Å². The number of carbonyl (C=O) groups excluding carboxylic acids is 3. The lowest BCUT2D eigenvalue weighted by atomic mass is 10.1. The van der Waals surface area contributed by atoms with E-state index >= 15 is 0 Å². The van der Waals surface area contributed by atoms with Crippen molar-refractivity contribution in [2.24, 2.45) is 0 Å². The Balaban J connectivity index is 1.52. The number of ether oxygens (including phenoxy) is 2. The summed E-state index contributed by atoms with van der Waals surface area (Å²) in [5.74, 6) is -0.350. The van der Waals surface area contributed by atoms with E-state index in [1.165, 1.54) is 14.2 Å². The van der Waals surface area contributed by atoms with Gasteiger partial charge in [-0.05, 0) is 42.5 Å². The van der Waals surface area contributed by atoms with Gasteiger partial charge in [0.15, 0.2) is 0 Å². The van der Waals surface area contributed by atoms with E-state index < -0.39 is 5.91 Å². The number of methoxy groups -OCH3 is 2. The minimum absolute atomic E-state index is 0.280. The average molecular weight is 496 g/mol. The molecule has 0 heterocycles. The zero-order valence-corrected chi connectivity index (χ0v) is 20.3. The third-order valence-corrected chi connectivity index (χ3v) is 5.47. The molecule has 37 heavy (non-hydrogen) atoms. The predicted octanol–water partition coefficient (Wildman–Crippen LogP) is 5.46. The molecule has 0 bridgehead atoms. The predicted molar refractivity (Wildman–Crippen MR) is 143 cm³/mol. The third kappa shape index (κ3) is 6.12. The molecular formula is C29H25N3O5. The molecule has 4 rings (SSSR count). The first-order valence-corrected chi connectivity index (χ1v) is 11.4. The lowest BCUT2D eigenvalue weighted by Crippen LogP contribution is -2.16. The van der Waals surface area contributed by atoms with E-state index in [2.05, 4.69) is 16.0 Å². The number of hydrogen-bond donors (Lipinski definition) is 3. The number of hydrogen-bond acceptors (Lipinski definition) is 5. The van der Waals surface area contributed by atoms with Crippen LogP contribution >= 0.6 is 0 Å². The minimum atomic E-state index is -0.419. The Labute approximate surface area is 214 Å². The molecule has 0 spiro atoms. The first kappa shape index (κ1) is 25.0. The summed E-state index contributed by atoms with van der Waals surface area (Å²) in [5, 5.41) is 8.41. The van der Waals surface area contributed by atoms with Gasteiger partial charge in [0.05, 0.1) is 25.6 Å². The summed E-state index contributed by atoms with van der Waals surface area (Å²) in [6, 6.07) is 27.3. The molecule has 4 aromatic rings. The molecule has 3 amide bonds. The van der Waals surface area contributed by atoms with Gasteiger partial charge < -0.3 is 25.4 Å². The van der Waals surface area contributed by atoms with Crippen LogP contribution in [-0.4, -0.2) is 31.9 Å². The van der Waals surface area contributed by atoms with E-state index in [1.54, 1.807) is 84.9 Å². The summed E-state index contributed by atoms with van der Waals surface area (Å²) in [7, 11) is 2.92. The lowest BCUT2D eigenvalue weighted by molar-refractivity contribution is 0.101. The van der Waals surface area contributed by atoms with Crippen molar-refractivity contribution in [3.8, 4) is 11.5 Å². The maximum atomic E-state index is 13.0. The molecule has 0 aliphatic heterocycles. The van der Waals surface area contributed by atoms with Crippen molar-refractivity contribution in [2.75, 3.05) is 30.2 Å². The molecular weight excluding hydrogens is 470 g/mol. The van der Waals surface area contributed by atoms with E-state index in [1.807, 2.05) is 12.1 Å². The largest absolute Gasteiger partial charge is 0.494 e. The van der Waals surface area contributed by atoms with Crippen molar-refractivity contribution in [3.05, 3.63) is 114 Å². The fourth-order valence-corrected chi connectivity index (χ4v) is 3.60. The van der Waals surface area contributed by atoms with Crippen LogP contribution in [0.2, 0.25) is 0 Å². The van der Waals surface area contributed by atoms with Gasteiger partial charge in [0.2, 0.25) is 0 Å². The van der Waals surface area contributed by atoms with Crippen molar-refractivity contribution >= 4 is 34.8 Å². The summed E-state index contributed by atoms with van der Waals surface area (Å²) < 4.78 is 10.9. The Morgan fingerprint density at radius 2 is 0.946 bits per heavy atom. The van der Waals surface area contributed by atoms with Crippen LogP contribution in [0.1, 0.15) is 31.1 Å². The second kappa shape index (κ2) is 11.5. The number of carbonyl (C=O) groups is 3. The van der Waals surface area contributed by atoms with Crippen LogP contribution < -0.4 is 25.4 Å². The molecule has 8 nitrogen and oxygen atoms in total. The Kier molecular flexibility index (Phi) is 7.80. The van der Waals surface area contributed by atoms with E-state index in [0.717, 1.165) is 0 Å². The zero-order valence-electron chi connectivity index (χ0n) is 20.3. The Bertz CT molecular complexity index is 1420. The molecule has 0 fully saturated rings. The van der Waals surface area contributed by atoms with Gasteiger partial charge >= 0.3 is 0 Å². The van der Waals surface area contributed by atoms with Gasteiger partial charge in [-0.1, -0.05) is 42.5 Å². The van der Waals surface area contributed by atoms with Gasteiger partial charge in [-0.15, -0.1) is 0 Å². The van der Waals surface area contributed by atoms with Crippen molar-refractivity contribution in [3.63, 3.8) is 0 Å². The fraction of sp³-hybridized carbons (Fsp3) is 0.0690. The number of nitrogens with one attached hydrogen (secondary N) is 3. The molecule has 0 saturated heterocycles.